The van der Waals surface area contributed by atoms with Gasteiger partial charge in [-0.15, -0.1) is 11.8 Å². The Bertz CT molecular complexity index is 680. The van der Waals surface area contributed by atoms with E-state index in [4.69, 9.17) is 8.94 Å². The normalized spacial score (nSPS) is 12.5. The first-order valence-electron chi connectivity index (χ1n) is 6.02. The van der Waals surface area contributed by atoms with Gasteiger partial charge in [-0.05, 0) is 43.3 Å². The summed E-state index contributed by atoms with van der Waals surface area (Å²) in [6.07, 6.45) is 1.59. The van der Waals surface area contributed by atoms with Crippen molar-refractivity contribution >= 4 is 27.7 Å². The monoisotopic (exact) mass is 350 g/mol. The van der Waals surface area contributed by atoms with Gasteiger partial charge in [0, 0.05) is 9.37 Å². The lowest BCUT2D eigenvalue weighted by atomic mass is 10.4. The molecule has 6 heteroatoms. The summed E-state index contributed by atoms with van der Waals surface area (Å²) >= 11 is 5.09. The molecule has 0 fully saturated rings. The summed E-state index contributed by atoms with van der Waals surface area (Å²) in [5.74, 6) is 1.68. The summed E-state index contributed by atoms with van der Waals surface area (Å²) in [7, 11) is 0. The van der Waals surface area contributed by atoms with Crippen molar-refractivity contribution in [3.63, 3.8) is 0 Å². The predicted molar refractivity (Wildman–Crippen MR) is 80.4 cm³/mol. The Morgan fingerprint density at radius 2 is 2.00 bits per heavy atom. The van der Waals surface area contributed by atoms with Crippen LogP contribution < -0.4 is 0 Å². The number of thioether (sulfide) groups is 1. The number of hydrogen-bond acceptors (Lipinski definition) is 5. The lowest BCUT2D eigenvalue weighted by Gasteiger charge is -2.05. The molecule has 102 valence electrons. The van der Waals surface area contributed by atoms with Gasteiger partial charge < -0.3 is 8.94 Å². The largest absolute Gasteiger partial charge is 0.461 e. The van der Waals surface area contributed by atoms with E-state index in [2.05, 4.69) is 38.2 Å². The summed E-state index contributed by atoms with van der Waals surface area (Å²) in [4.78, 5) is 5.52. The van der Waals surface area contributed by atoms with Crippen molar-refractivity contribution in [3.8, 4) is 11.6 Å². The Kier molecular flexibility index (Phi) is 3.93. The lowest BCUT2D eigenvalue weighted by molar-refractivity contribution is 0.379. The fraction of sp³-hybridized carbons (Fsp3) is 0.143. The fourth-order valence-corrected chi connectivity index (χ4v) is 2.84. The Morgan fingerprint density at radius 1 is 1.20 bits per heavy atom. The molecule has 1 aromatic carbocycles. The summed E-state index contributed by atoms with van der Waals surface area (Å²) in [6, 6.07) is 11.7. The predicted octanol–water partition coefficient (Wildman–Crippen LogP) is 4.95. The first kappa shape index (κ1) is 13.5. The number of nitrogens with zero attached hydrogens (tertiary/aromatic N) is 2. The number of benzene rings is 1. The van der Waals surface area contributed by atoms with Crippen LogP contribution in [0.4, 0.5) is 0 Å². The van der Waals surface area contributed by atoms with Crippen LogP contribution in [0.2, 0.25) is 0 Å². The Balaban J connectivity index is 1.74. The Labute approximate surface area is 128 Å². The van der Waals surface area contributed by atoms with E-state index in [0.29, 0.717) is 17.5 Å². The van der Waals surface area contributed by atoms with Crippen LogP contribution in [0.15, 0.2) is 61.0 Å². The topological polar surface area (TPSA) is 52.1 Å². The Hall–Kier alpha value is -1.53. The van der Waals surface area contributed by atoms with Crippen molar-refractivity contribution in [2.24, 2.45) is 0 Å². The van der Waals surface area contributed by atoms with Gasteiger partial charge in [0.05, 0.1) is 11.5 Å². The minimum absolute atomic E-state index is 0.0763. The van der Waals surface area contributed by atoms with Crippen molar-refractivity contribution in [1.82, 2.24) is 10.1 Å². The molecule has 0 spiro atoms. The van der Waals surface area contributed by atoms with Crippen LogP contribution >= 0.6 is 27.7 Å². The zero-order valence-corrected chi connectivity index (χ0v) is 13.0. The van der Waals surface area contributed by atoms with Gasteiger partial charge in [-0.1, -0.05) is 21.1 Å². The molecule has 0 saturated heterocycles. The smallest absolute Gasteiger partial charge is 0.240 e. The van der Waals surface area contributed by atoms with Crippen molar-refractivity contribution < 1.29 is 8.94 Å². The lowest BCUT2D eigenvalue weighted by Crippen LogP contribution is -1.88. The first-order valence-corrected chi connectivity index (χ1v) is 7.69. The summed E-state index contributed by atoms with van der Waals surface area (Å²) in [6.45, 7) is 2.03. The maximum Gasteiger partial charge on any atom is 0.240 e. The molecular weight excluding hydrogens is 340 g/mol. The molecule has 0 aliphatic carbocycles. The van der Waals surface area contributed by atoms with Crippen LogP contribution in [-0.2, 0) is 0 Å². The average molecular weight is 351 g/mol. The number of furan rings is 1. The first-order chi connectivity index (χ1) is 9.72. The highest BCUT2D eigenvalue weighted by atomic mass is 79.9. The van der Waals surface area contributed by atoms with Crippen LogP contribution in [0.5, 0.6) is 0 Å². The zero-order valence-electron chi connectivity index (χ0n) is 10.6. The van der Waals surface area contributed by atoms with Gasteiger partial charge in [-0.3, -0.25) is 0 Å². The second kappa shape index (κ2) is 5.85. The summed E-state index contributed by atoms with van der Waals surface area (Å²) in [5.41, 5.74) is 0. The number of halogens is 1. The molecule has 1 unspecified atom stereocenters. The van der Waals surface area contributed by atoms with E-state index in [1.165, 1.54) is 0 Å². The molecule has 4 nitrogen and oxygen atoms in total. The highest BCUT2D eigenvalue weighted by Crippen LogP contribution is 2.35. The van der Waals surface area contributed by atoms with Crippen molar-refractivity contribution in [3.05, 3.63) is 53.0 Å². The molecule has 0 amide bonds. The van der Waals surface area contributed by atoms with E-state index in [1.807, 2.05) is 19.1 Å². The SMILES string of the molecule is CC(Sc1ccc(Br)cc1)c1nc(-c2ccco2)no1. The van der Waals surface area contributed by atoms with E-state index in [-0.39, 0.29) is 5.25 Å². The minimum Gasteiger partial charge on any atom is -0.461 e. The number of hydrogen-bond donors (Lipinski definition) is 0. The molecule has 2 heterocycles. The van der Waals surface area contributed by atoms with Crippen LogP contribution in [0.3, 0.4) is 0 Å². The van der Waals surface area contributed by atoms with E-state index < -0.39 is 0 Å². The van der Waals surface area contributed by atoms with Crippen LogP contribution in [-0.4, -0.2) is 10.1 Å². The molecule has 0 N–H and O–H groups in total. The number of aromatic nitrogens is 2. The molecule has 0 saturated carbocycles. The van der Waals surface area contributed by atoms with Gasteiger partial charge in [0.2, 0.25) is 11.7 Å². The van der Waals surface area contributed by atoms with E-state index in [9.17, 15) is 0 Å². The second-order valence-electron chi connectivity index (χ2n) is 4.15. The standard InChI is InChI=1S/C14H11BrN2O2S/c1-9(20-11-6-4-10(15)5-7-11)14-16-13(17-19-14)12-3-2-8-18-12/h2-9H,1H3. The van der Waals surface area contributed by atoms with Gasteiger partial charge in [0.1, 0.15) is 0 Å². The molecule has 0 radical (unpaired) electrons. The van der Waals surface area contributed by atoms with Gasteiger partial charge in [0.25, 0.3) is 0 Å². The van der Waals surface area contributed by atoms with Crippen LogP contribution in [0, 0.1) is 0 Å². The third kappa shape index (κ3) is 2.96. The van der Waals surface area contributed by atoms with Crippen molar-refractivity contribution in [2.75, 3.05) is 0 Å². The zero-order chi connectivity index (χ0) is 13.9. The van der Waals surface area contributed by atoms with E-state index in [1.54, 1.807) is 30.2 Å². The Morgan fingerprint density at radius 3 is 2.70 bits per heavy atom. The summed E-state index contributed by atoms with van der Waals surface area (Å²) in [5, 5.41) is 4.01. The highest BCUT2D eigenvalue weighted by Gasteiger charge is 2.17. The molecule has 20 heavy (non-hydrogen) atoms. The van der Waals surface area contributed by atoms with Gasteiger partial charge in [-0.25, -0.2) is 0 Å². The van der Waals surface area contributed by atoms with Crippen molar-refractivity contribution in [1.29, 1.82) is 0 Å². The van der Waals surface area contributed by atoms with E-state index in [0.717, 1.165) is 9.37 Å². The van der Waals surface area contributed by atoms with E-state index >= 15 is 0 Å². The quantitative estimate of drug-likeness (QED) is 0.623. The maximum atomic E-state index is 5.29. The number of rotatable bonds is 4. The van der Waals surface area contributed by atoms with Gasteiger partial charge in [-0.2, -0.15) is 4.98 Å². The molecule has 1 atom stereocenters. The van der Waals surface area contributed by atoms with Crippen LogP contribution in [0.1, 0.15) is 18.1 Å². The third-order valence-corrected chi connectivity index (χ3v) is 4.29. The minimum atomic E-state index is 0.0763. The highest BCUT2D eigenvalue weighted by molar-refractivity contribution is 9.10. The maximum absolute atomic E-state index is 5.29. The molecule has 3 aromatic rings. The molecular formula is C14H11BrN2O2S. The molecule has 3 rings (SSSR count). The second-order valence-corrected chi connectivity index (χ2v) is 6.48. The van der Waals surface area contributed by atoms with Crippen molar-refractivity contribution in [2.45, 2.75) is 17.1 Å². The molecule has 0 aliphatic rings. The van der Waals surface area contributed by atoms with Gasteiger partial charge in [0.15, 0.2) is 5.76 Å². The van der Waals surface area contributed by atoms with Gasteiger partial charge >= 0.3 is 0 Å². The molecule has 0 aliphatic heterocycles. The average Bonchev–Trinajstić information content (AvgIpc) is 3.11. The summed E-state index contributed by atoms with van der Waals surface area (Å²) < 4.78 is 11.6. The third-order valence-electron chi connectivity index (χ3n) is 2.66. The van der Waals surface area contributed by atoms with Crippen LogP contribution in [0.25, 0.3) is 11.6 Å². The molecule has 0 bridgehead atoms. The molecule has 2 aromatic heterocycles. The fourth-order valence-electron chi connectivity index (χ4n) is 1.67.